The first-order valence-electron chi connectivity index (χ1n) is 10.8. The number of alkyl halides is 3. The van der Waals surface area contributed by atoms with E-state index in [2.05, 4.69) is 15.3 Å². The molecule has 13 heteroatoms. The molecule has 4 aromatic rings. The summed E-state index contributed by atoms with van der Waals surface area (Å²) in [4.78, 5) is 26.5. The van der Waals surface area contributed by atoms with Gasteiger partial charge in [0.25, 0.3) is 5.91 Å². The fraction of sp³-hybridized carbons (Fsp3) is 0.261. The summed E-state index contributed by atoms with van der Waals surface area (Å²) in [6.07, 6.45) is -3.49. The molecule has 1 aliphatic rings. The van der Waals surface area contributed by atoms with Gasteiger partial charge in [-0.25, -0.2) is 4.39 Å². The Bertz CT molecular complexity index is 1550. The Morgan fingerprint density at radius 3 is 2.67 bits per heavy atom. The molecule has 0 spiro atoms. The normalized spacial score (nSPS) is 13.6. The van der Waals surface area contributed by atoms with Gasteiger partial charge < -0.3 is 14.2 Å². The molecule has 5 rings (SSSR count). The summed E-state index contributed by atoms with van der Waals surface area (Å²) in [6, 6.07) is 8.91. The van der Waals surface area contributed by atoms with E-state index in [9.17, 15) is 27.2 Å². The van der Waals surface area contributed by atoms with Crippen molar-refractivity contribution in [1.29, 1.82) is 0 Å². The standard InChI is InChI=1S/C23H18F4N6O3/c1-36-14-3-4-15-18(9-14)33(28-10-19(15)34)11-13-2-5-17(24)16(8-13)21(35)31-6-7-32-20(12-31)29-30-22(32)23(25,26)27/h2-5,8-10H,6-7,11-12H2,1H3. The molecule has 0 saturated heterocycles. The second-order valence-electron chi connectivity index (χ2n) is 8.18. The van der Waals surface area contributed by atoms with Crippen LogP contribution < -0.4 is 10.2 Å². The lowest BCUT2D eigenvalue weighted by Gasteiger charge is -2.28. The van der Waals surface area contributed by atoms with E-state index in [1.54, 1.807) is 18.2 Å². The van der Waals surface area contributed by atoms with Crippen LogP contribution in [0, 0.1) is 5.82 Å². The van der Waals surface area contributed by atoms with Gasteiger partial charge in [0.2, 0.25) is 11.3 Å². The summed E-state index contributed by atoms with van der Waals surface area (Å²) in [7, 11) is 1.49. The number of hydrogen-bond donors (Lipinski definition) is 0. The topological polar surface area (TPSA) is 95.1 Å². The summed E-state index contributed by atoms with van der Waals surface area (Å²) in [5, 5.41) is 11.3. The molecule has 9 nitrogen and oxygen atoms in total. The summed E-state index contributed by atoms with van der Waals surface area (Å²) in [5.41, 5.74) is 0.513. The van der Waals surface area contributed by atoms with E-state index >= 15 is 0 Å². The van der Waals surface area contributed by atoms with Gasteiger partial charge >= 0.3 is 6.18 Å². The molecule has 0 saturated carbocycles. The predicted molar refractivity (Wildman–Crippen MR) is 118 cm³/mol. The van der Waals surface area contributed by atoms with Crippen molar-refractivity contribution in [3.05, 3.63) is 81.4 Å². The molecule has 0 radical (unpaired) electrons. The van der Waals surface area contributed by atoms with E-state index in [0.717, 1.165) is 10.6 Å². The molecular formula is C23H18F4N6O3. The van der Waals surface area contributed by atoms with Crippen LogP contribution in [0.1, 0.15) is 27.6 Å². The number of nitrogens with zero attached hydrogens (tertiary/aromatic N) is 6. The summed E-state index contributed by atoms with van der Waals surface area (Å²) in [5.74, 6) is -2.10. The molecule has 0 atom stereocenters. The summed E-state index contributed by atoms with van der Waals surface area (Å²) >= 11 is 0. The van der Waals surface area contributed by atoms with E-state index in [1.165, 1.54) is 35.0 Å². The van der Waals surface area contributed by atoms with Crippen LogP contribution in [-0.4, -0.2) is 49.0 Å². The van der Waals surface area contributed by atoms with E-state index in [-0.39, 0.29) is 43.0 Å². The third-order valence-electron chi connectivity index (χ3n) is 5.95. The zero-order valence-corrected chi connectivity index (χ0v) is 18.8. The smallest absolute Gasteiger partial charge is 0.451 e. The second-order valence-corrected chi connectivity index (χ2v) is 8.18. The number of aromatic nitrogens is 5. The van der Waals surface area contributed by atoms with Crippen molar-refractivity contribution in [2.24, 2.45) is 0 Å². The van der Waals surface area contributed by atoms with E-state index in [1.807, 2.05) is 0 Å². The molecule has 3 heterocycles. The highest BCUT2D eigenvalue weighted by Crippen LogP contribution is 2.30. The van der Waals surface area contributed by atoms with Gasteiger partial charge in [-0.3, -0.25) is 14.3 Å². The number of benzene rings is 2. The quantitative estimate of drug-likeness (QED) is 0.399. The summed E-state index contributed by atoms with van der Waals surface area (Å²) < 4.78 is 61.6. The molecule has 0 fully saturated rings. The lowest BCUT2D eigenvalue weighted by molar-refractivity contribution is -0.147. The van der Waals surface area contributed by atoms with Crippen LogP contribution >= 0.6 is 0 Å². The lowest BCUT2D eigenvalue weighted by Crippen LogP contribution is -2.39. The Morgan fingerprint density at radius 1 is 1.11 bits per heavy atom. The third-order valence-corrected chi connectivity index (χ3v) is 5.95. The number of amides is 1. The van der Waals surface area contributed by atoms with Gasteiger partial charge in [0.15, 0.2) is 5.82 Å². The highest BCUT2D eigenvalue weighted by Gasteiger charge is 2.40. The first-order chi connectivity index (χ1) is 17.2. The number of ether oxygens (including phenoxy) is 1. The average Bonchev–Trinajstić information content (AvgIpc) is 3.30. The van der Waals surface area contributed by atoms with Crippen molar-refractivity contribution in [3.63, 3.8) is 0 Å². The molecule has 0 aliphatic carbocycles. The van der Waals surface area contributed by atoms with Crippen molar-refractivity contribution >= 4 is 16.8 Å². The van der Waals surface area contributed by atoms with Gasteiger partial charge in [-0.15, -0.1) is 10.2 Å². The monoisotopic (exact) mass is 502 g/mol. The van der Waals surface area contributed by atoms with Crippen molar-refractivity contribution in [1.82, 2.24) is 29.4 Å². The molecule has 2 aromatic heterocycles. The molecule has 0 unspecified atom stereocenters. The molecule has 1 aliphatic heterocycles. The molecule has 186 valence electrons. The SMILES string of the molecule is COc1ccc2c(=O)cnn(Cc3ccc(F)c(C(=O)N4CCn5c(nnc5C(F)(F)F)C4)c3)c2c1. The highest BCUT2D eigenvalue weighted by molar-refractivity contribution is 5.94. The number of hydrogen-bond acceptors (Lipinski definition) is 6. The summed E-state index contributed by atoms with van der Waals surface area (Å²) in [6.45, 7) is -0.354. The maximum Gasteiger partial charge on any atom is 0.451 e. The van der Waals surface area contributed by atoms with Crippen LogP contribution in [-0.2, 0) is 25.8 Å². The first-order valence-corrected chi connectivity index (χ1v) is 10.8. The number of fused-ring (bicyclic) bond motifs is 2. The van der Waals surface area contributed by atoms with Crippen LogP contribution in [0.2, 0.25) is 0 Å². The Morgan fingerprint density at radius 2 is 1.92 bits per heavy atom. The molecule has 0 N–H and O–H groups in total. The first kappa shape index (κ1) is 23.5. The van der Waals surface area contributed by atoms with E-state index < -0.39 is 23.7 Å². The predicted octanol–water partition coefficient (Wildman–Crippen LogP) is 2.86. The van der Waals surface area contributed by atoms with Crippen molar-refractivity contribution in [2.45, 2.75) is 25.8 Å². The maximum absolute atomic E-state index is 14.7. The fourth-order valence-corrected chi connectivity index (χ4v) is 4.16. The lowest BCUT2D eigenvalue weighted by atomic mass is 10.1. The minimum Gasteiger partial charge on any atom is -0.497 e. The van der Waals surface area contributed by atoms with Crippen LogP contribution in [0.4, 0.5) is 17.6 Å². The van der Waals surface area contributed by atoms with Gasteiger partial charge in [0.05, 0.1) is 37.5 Å². The molecule has 0 bridgehead atoms. The van der Waals surface area contributed by atoms with Crippen LogP contribution in [0.3, 0.4) is 0 Å². The number of carbonyl (C=O) groups excluding carboxylic acids is 1. The Balaban J connectivity index is 1.43. The van der Waals surface area contributed by atoms with Crippen LogP contribution in [0.25, 0.3) is 10.9 Å². The van der Waals surface area contributed by atoms with Gasteiger partial charge in [-0.1, -0.05) is 6.07 Å². The van der Waals surface area contributed by atoms with Crippen molar-refractivity contribution < 1.29 is 27.1 Å². The molecular weight excluding hydrogens is 484 g/mol. The Hall–Kier alpha value is -4.29. The minimum absolute atomic E-state index is 0.0311. The largest absolute Gasteiger partial charge is 0.497 e. The number of methoxy groups -OCH3 is 1. The maximum atomic E-state index is 14.7. The molecule has 2 aromatic carbocycles. The minimum atomic E-state index is -4.66. The van der Waals surface area contributed by atoms with Gasteiger partial charge in [-0.2, -0.15) is 18.3 Å². The van der Waals surface area contributed by atoms with Gasteiger partial charge in [-0.05, 0) is 29.8 Å². The highest BCUT2D eigenvalue weighted by atomic mass is 19.4. The number of carbonyl (C=O) groups is 1. The Kier molecular flexibility index (Phi) is 5.69. The van der Waals surface area contributed by atoms with Gasteiger partial charge in [0.1, 0.15) is 11.6 Å². The third kappa shape index (κ3) is 4.16. The van der Waals surface area contributed by atoms with Crippen LogP contribution in [0.15, 0.2) is 47.4 Å². The second kappa shape index (κ2) is 8.73. The van der Waals surface area contributed by atoms with Gasteiger partial charge in [0, 0.05) is 24.5 Å². The van der Waals surface area contributed by atoms with Crippen molar-refractivity contribution in [2.75, 3.05) is 13.7 Å². The zero-order valence-electron chi connectivity index (χ0n) is 18.8. The van der Waals surface area contributed by atoms with E-state index in [0.29, 0.717) is 22.2 Å². The van der Waals surface area contributed by atoms with Crippen LogP contribution in [0.5, 0.6) is 5.75 Å². The number of rotatable bonds is 4. The molecule has 36 heavy (non-hydrogen) atoms. The zero-order chi connectivity index (χ0) is 25.6. The average molecular weight is 502 g/mol. The van der Waals surface area contributed by atoms with E-state index in [4.69, 9.17) is 4.74 Å². The Labute approximate surface area is 200 Å². The molecule has 1 amide bonds. The fourth-order valence-electron chi connectivity index (χ4n) is 4.16. The van der Waals surface area contributed by atoms with Crippen molar-refractivity contribution in [3.8, 4) is 5.75 Å². The number of halogens is 4.